The van der Waals surface area contributed by atoms with E-state index >= 15 is 0 Å². The number of carbonyl (C=O) groups is 1. The van der Waals surface area contributed by atoms with E-state index in [9.17, 15) is 9.18 Å². The summed E-state index contributed by atoms with van der Waals surface area (Å²) in [6.45, 7) is 0.979. The summed E-state index contributed by atoms with van der Waals surface area (Å²) in [5.74, 6) is -0.688. The smallest absolute Gasteiger partial charge is 0.255 e. The van der Waals surface area contributed by atoms with E-state index in [0.717, 1.165) is 22.4 Å². The molecule has 0 radical (unpaired) electrons. The van der Waals surface area contributed by atoms with Gasteiger partial charge in [0, 0.05) is 11.3 Å². The van der Waals surface area contributed by atoms with Crippen molar-refractivity contribution < 1.29 is 9.18 Å². The molecule has 3 aromatic carbocycles. The molecular formula is C21H18ClFN2O. The third-order valence-corrected chi connectivity index (χ3v) is 4.32. The van der Waals surface area contributed by atoms with Gasteiger partial charge in [0.05, 0.1) is 16.4 Å². The molecule has 26 heavy (non-hydrogen) atoms. The molecule has 2 N–H and O–H groups in total. The number of aryl methyl sites for hydroxylation is 1. The van der Waals surface area contributed by atoms with Crippen LogP contribution in [0.5, 0.6) is 0 Å². The molecule has 0 aromatic heterocycles. The number of hydrogen-bond donors (Lipinski definition) is 2. The first-order valence-electron chi connectivity index (χ1n) is 8.16. The minimum absolute atomic E-state index is 0.509. The fourth-order valence-corrected chi connectivity index (χ4v) is 3.01. The number of amides is 1. The first kappa shape index (κ1) is 18.0. The summed E-state index contributed by atoms with van der Waals surface area (Å²) in [6, 6.07) is 20.9. The van der Waals surface area contributed by atoms with Gasteiger partial charge in [-0.15, -0.1) is 0 Å². The fourth-order valence-electron chi connectivity index (χ4n) is 2.73. The van der Waals surface area contributed by atoms with Crippen molar-refractivity contribution in [3.8, 4) is 11.1 Å². The highest BCUT2D eigenvalue weighted by atomic mass is 35.5. The highest BCUT2D eigenvalue weighted by Gasteiger charge is 2.09. The van der Waals surface area contributed by atoms with Gasteiger partial charge < -0.3 is 10.6 Å². The van der Waals surface area contributed by atoms with E-state index in [2.05, 4.69) is 10.6 Å². The van der Waals surface area contributed by atoms with Crippen LogP contribution >= 0.6 is 11.6 Å². The molecule has 0 fully saturated rings. The van der Waals surface area contributed by atoms with Gasteiger partial charge in [-0.2, -0.15) is 0 Å². The normalized spacial score (nSPS) is 10.4. The number of carbonyl (C=O) groups excluding carboxylic acids is 1. The van der Waals surface area contributed by atoms with Gasteiger partial charge >= 0.3 is 0 Å². The fraction of sp³-hybridized carbons (Fsp3) is 0.0952. The molecule has 0 aliphatic rings. The molecule has 0 aliphatic carbocycles. The number of anilines is 3. The predicted molar refractivity (Wildman–Crippen MR) is 106 cm³/mol. The maximum absolute atomic E-state index is 12.5. The van der Waals surface area contributed by atoms with Gasteiger partial charge in [0.15, 0.2) is 6.67 Å². The Morgan fingerprint density at radius 1 is 0.962 bits per heavy atom. The Bertz CT molecular complexity index is 943. The third-order valence-electron chi connectivity index (χ3n) is 4.01. The maximum atomic E-state index is 12.5. The molecule has 0 atom stereocenters. The van der Waals surface area contributed by atoms with Crippen molar-refractivity contribution in [2.75, 3.05) is 17.3 Å². The van der Waals surface area contributed by atoms with Gasteiger partial charge in [0.2, 0.25) is 0 Å². The van der Waals surface area contributed by atoms with Crippen molar-refractivity contribution in [2.45, 2.75) is 6.92 Å². The first-order valence-corrected chi connectivity index (χ1v) is 8.53. The molecule has 3 aromatic rings. The van der Waals surface area contributed by atoms with Crippen LogP contribution in [0.25, 0.3) is 11.1 Å². The van der Waals surface area contributed by atoms with Crippen molar-refractivity contribution >= 4 is 34.6 Å². The first-order chi connectivity index (χ1) is 12.6. The second-order valence-electron chi connectivity index (χ2n) is 5.86. The predicted octanol–water partition coefficient (Wildman–Crippen LogP) is 5.97. The lowest BCUT2D eigenvalue weighted by Crippen LogP contribution is -2.14. The number of hydrogen-bond acceptors (Lipinski definition) is 2. The van der Waals surface area contributed by atoms with Gasteiger partial charge in [-0.3, -0.25) is 4.79 Å². The lowest BCUT2D eigenvalue weighted by Gasteiger charge is -2.14. The zero-order valence-corrected chi connectivity index (χ0v) is 15.0. The van der Waals surface area contributed by atoms with E-state index in [4.69, 9.17) is 11.6 Å². The van der Waals surface area contributed by atoms with Crippen LogP contribution in [-0.2, 0) is 4.79 Å². The molecule has 0 bridgehead atoms. The Morgan fingerprint density at radius 3 is 2.35 bits per heavy atom. The van der Waals surface area contributed by atoms with Gasteiger partial charge in [0.25, 0.3) is 5.91 Å². The van der Waals surface area contributed by atoms with Crippen molar-refractivity contribution in [2.24, 2.45) is 0 Å². The Balaban J connectivity index is 1.88. The van der Waals surface area contributed by atoms with Gasteiger partial charge in [-0.25, -0.2) is 4.39 Å². The van der Waals surface area contributed by atoms with E-state index in [0.29, 0.717) is 16.4 Å². The molecule has 3 rings (SSSR count). The maximum Gasteiger partial charge on any atom is 0.255 e. The van der Waals surface area contributed by atoms with Gasteiger partial charge in [-0.1, -0.05) is 54.1 Å². The van der Waals surface area contributed by atoms with Crippen LogP contribution in [0, 0.1) is 6.92 Å². The number of halogens is 2. The third kappa shape index (κ3) is 4.03. The molecule has 0 aliphatic heterocycles. The second-order valence-corrected chi connectivity index (χ2v) is 6.27. The van der Waals surface area contributed by atoms with Crippen LogP contribution in [0.1, 0.15) is 5.56 Å². The molecule has 0 spiro atoms. The van der Waals surface area contributed by atoms with E-state index in [1.807, 2.05) is 55.5 Å². The van der Waals surface area contributed by atoms with Crippen LogP contribution in [0.2, 0.25) is 5.02 Å². The topological polar surface area (TPSA) is 41.1 Å². The summed E-state index contributed by atoms with van der Waals surface area (Å²) < 4.78 is 12.5. The summed E-state index contributed by atoms with van der Waals surface area (Å²) in [5.41, 5.74) is 5.13. The van der Waals surface area contributed by atoms with Crippen LogP contribution in [0.4, 0.5) is 21.5 Å². The monoisotopic (exact) mass is 368 g/mol. The minimum atomic E-state index is -1.06. The number of para-hydroxylation sites is 2. The summed E-state index contributed by atoms with van der Waals surface area (Å²) in [5, 5.41) is 6.36. The van der Waals surface area contributed by atoms with Crippen molar-refractivity contribution in [3.63, 3.8) is 0 Å². The average molecular weight is 369 g/mol. The Hall–Kier alpha value is -2.85. The molecule has 3 nitrogen and oxygen atoms in total. The Kier molecular flexibility index (Phi) is 5.54. The zero-order chi connectivity index (χ0) is 18.5. The summed E-state index contributed by atoms with van der Waals surface area (Å²) in [6.07, 6.45) is 0. The van der Waals surface area contributed by atoms with E-state index in [-0.39, 0.29) is 0 Å². The number of benzene rings is 3. The zero-order valence-electron chi connectivity index (χ0n) is 14.2. The SMILES string of the molecule is Cc1ccccc1-c1ccc(Nc2ccccc2NC(=O)CF)cc1Cl. The van der Waals surface area contributed by atoms with Gasteiger partial charge in [-0.05, 0) is 42.3 Å². The molecule has 0 unspecified atom stereocenters. The van der Waals surface area contributed by atoms with Crippen LogP contribution in [0.3, 0.4) is 0 Å². The minimum Gasteiger partial charge on any atom is -0.354 e. The molecule has 1 amide bonds. The highest BCUT2D eigenvalue weighted by Crippen LogP contribution is 2.34. The largest absolute Gasteiger partial charge is 0.354 e. The van der Waals surface area contributed by atoms with E-state index in [1.165, 1.54) is 0 Å². The Morgan fingerprint density at radius 2 is 1.65 bits per heavy atom. The molecular weight excluding hydrogens is 351 g/mol. The summed E-state index contributed by atoms with van der Waals surface area (Å²) in [4.78, 5) is 11.3. The molecule has 0 heterocycles. The van der Waals surface area contributed by atoms with Crippen molar-refractivity contribution in [3.05, 3.63) is 77.3 Å². The highest BCUT2D eigenvalue weighted by molar-refractivity contribution is 6.33. The standard InChI is InChI=1S/C21H18ClFN2O/c1-14-6-2-3-7-16(14)17-11-10-15(12-18(17)22)24-19-8-4-5-9-20(19)25-21(26)13-23/h2-12,24H,13H2,1H3,(H,25,26). The van der Waals surface area contributed by atoms with Crippen molar-refractivity contribution in [1.82, 2.24) is 0 Å². The summed E-state index contributed by atoms with van der Waals surface area (Å²) in [7, 11) is 0. The van der Waals surface area contributed by atoms with E-state index < -0.39 is 12.6 Å². The average Bonchev–Trinajstić information content (AvgIpc) is 2.64. The molecule has 132 valence electrons. The number of rotatable bonds is 5. The van der Waals surface area contributed by atoms with Gasteiger partial charge in [0.1, 0.15) is 0 Å². The number of nitrogens with one attached hydrogen (secondary N) is 2. The van der Waals surface area contributed by atoms with Crippen LogP contribution < -0.4 is 10.6 Å². The lowest BCUT2D eigenvalue weighted by molar-refractivity contribution is -0.117. The Labute approximate surface area is 156 Å². The lowest BCUT2D eigenvalue weighted by atomic mass is 10.0. The second kappa shape index (κ2) is 8.02. The molecule has 5 heteroatoms. The van der Waals surface area contributed by atoms with E-state index in [1.54, 1.807) is 18.2 Å². The van der Waals surface area contributed by atoms with Crippen LogP contribution in [0.15, 0.2) is 66.7 Å². The molecule has 0 saturated heterocycles. The molecule has 0 saturated carbocycles. The number of alkyl halides is 1. The summed E-state index contributed by atoms with van der Waals surface area (Å²) >= 11 is 6.49. The van der Waals surface area contributed by atoms with Crippen molar-refractivity contribution in [1.29, 1.82) is 0 Å². The van der Waals surface area contributed by atoms with Crippen LogP contribution in [-0.4, -0.2) is 12.6 Å². The quantitative estimate of drug-likeness (QED) is 0.582.